The van der Waals surface area contributed by atoms with Gasteiger partial charge in [-0.25, -0.2) is 0 Å². The molecule has 2 amide bonds. The zero-order valence-corrected chi connectivity index (χ0v) is 33.8. The molecule has 0 saturated carbocycles. The predicted octanol–water partition coefficient (Wildman–Crippen LogP) is 8.06. The average Bonchev–Trinajstić information content (AvgIpc) is 4.02. The summed E-state index contributed by atoms with van der Waals surface area (Å²) in [5.41, 5.74) is 6.87. The quantitative estimate of drug-likeness (QED) is 0.123. The van der Waals surface area contributed by atoms with Crippen molar-refractivity contribution in [3.8, 4) is 22.8 Å². The molecule has 1 aliphatic rings. The minimum Gasteiger partial charge on any atom is -0.377 e. The molecular weight excluding hydrogens is 900 g/mol. The van der Waals surface area contributed by atoms with E-state index in [1.807, 2.05) is 84.4 Å². The molecule has 55 heavy (non-hydrogen) atoms. The molecule has 0 radical (unpaired) electrons. The maximum absolute atomic E-state index is 13.2. The highest BCUT2D eigenvalue weighted by Gasteiger charge is 2.26. The lowest BCUT2D eigenvalue weighted by Crippen LogP contribution is -2.21. The van der Waals surface area contributed by atoms with Gasteiger partial charge >= 0.3 is 0 Å². The number of ether oxygens (including phenoxy) is 1. The van der Waals surface area contributed by atoms with Crippen molar-refractivity contribution in [1.82, 2.24) is 50.4 Å². The van der Waals surface area contributed by atoms with E-state index in [0.29, 0.717) is 45.5 Å². The number of para-hydroxylation sites is 2. The van der Waals surface area contributed by atoms with E-state index in [2.05, 4.69) is 110 Å². The molecule has 18 heteroatoms. The number of rotatable bonds is 7. The number of hydrogen-bond donors (Lipinski definition) is 4. The molecule has 8 aromatic rings. The number of amides is 2. The summed E-state index contributed by atoms with van der Waals surface area (Å²) in [6.07, 6.45) is 0.873. The Bertz CT molecular complexity index is 2710. The van der Waals surface area contributed by atoms with E-state index >= 15 is 0 Å². The first-order chi connectivity index (χ1) is 26.7. The number of nitrogens with zero attached hydrogens (tertiary/aromatic N) is 8. The molecule has 276 valence electrons. The molecule has 4 aromatic carbocycles. The van der Waals surface area contributed by atoms with Crippen LogP contribution in [0.15, 0.2) is 98.3 Å². The van der Waals surface area contributed by atoms with E-state index in [9.17, 15) is 9.59 Å². The first-order valence-electron chi connectivity index (χ1n) is 16.8. The van der Waals surface area contributed by atoms with Crippen LogP contribution in [0.5, 0.6) is 0 Å². The van der Waals surface area contributed by atoms with Gasteiger partial charge in [0.1, 0.15) is 11.4 Å². The van der Waals surface area contributed by atoms with E-state index in [1.165, 1.54) is 0 Å². The van der Waals surface area contributed by atoms with Crippen molar-refractivity contribution in [3.63, 3.8) is 0 Å². The van der Waals surface area contributed by atoms with Gasteiger partial charge in [-0.1, -0.05) is 62.2 Å². The Morgan fingerprint density at radius 2 is 1.31 bits per heavy atom. The van der Waals surface area contributed by atoms with E-state index in [-0.39, 0.29) is 17.9 Å². The Hall–Kier alpha value is -5.56. The van der Waals surface area contributed by atoms with Crippen molar-refractivity contribution in [2.24, 2.45) is 7.05 Å². The van der Waals surface area contributed by atoms with Gasteiger partial charge < -0.3 is 24.5 Å². The van der Waals surface area contributed by atoms with Gasteiger partial charge in [0.05, 0.1) is 28.5 Å². The Balaban J connectivity index is 0.000000156. The molecular formula is C37H29Br3N12O3. The van der Waals surface area contributed by atoms with Crippen molar-refractivity contribution in [3.05, 3.63) is 115 Å². The van der Waals surface area contributed by atoms with Gasteiger partial charge in [-0.2, -0.15) is 10.4 Å². The summed E-state index contributed by atoms with van der Waals surface area (Å²) in [6.45, 7) is 0.722. The number of benzene rings is 4. The van der Waals surface area contributed by atoms with Crippen LogP contribution in [0.4, 0.5) is 11.4 Å². The third-order valence-corrected chi connectivity index (χ3v) is 10.9. The standard InChI is InChI=1S/C20H17BrN6O2.C17H12Br2N6O/c1-29-17-7-8-27-16(9-11-3-2-4-13(17)18(11)27)20(28)22-15-6-5-12(21)10-14(15)19-23-25-26-24-19;1-25-14(7-9-3-2-4-12(19)15(9)25)17(26)20-13-6-5-10(18)8-11(13)16-21-23-24-22-16/h2-6,9-10,17H,7-8H2,1H3,(H,22,28)(H,23,24,25,26);2-8H,1H3,(H,20,26)(H,21,22,23,24). The largest absolute Gasteiger partial charge is 0.377 e. The molecule has 1 aliphatic heterocycles. The van der Waals surface area contributed by atoms with Crippen LogP contribution in [0.25, 0.3) is 44.6 Å². The Morgan fingerprint density at radius 3 is 1.87 bits per heavy atom. The minimum absolute atomic E-state index is 0.0494. The summed E-state index contributed by atoms with van der Waals surface area (Å²) >= 11 is 10.4. The highest BCUT2D eigenvalue weighted by atomic mass is 79.9. The number of fused-ring (bicyclic) bond motifs is 1. The molecule has 4 N–H and O–H groups in total. The second-order valence-corrected chi connectivity index (χ2v) is 15.2. The summed E-state index contributed by atoms with van der Waals surface area (Å²) in [4.78, 5) is 26.1. The van der Waals surface area contributed by atoms with Crippen LogP contribution in [0, 0.1) is 0 Å². The van der Waals surface area contributed by atoms with Gasteiger partial charge in [0, 0.05) is 61.6 Å². The third kappa shape index (κ3) is 7.08. The van der Waals surface area contributed by atoms with Crippen LogP contribution in [-0.2, 0) is 18.3 Å². The zero-order chi connectivity index (χ0) is 38.2. The predicted molar refractivity (Wildman–Crippen MR) is 217 cm³/mol. The maximum Gasteiger partial charge on any atom is 0.272 e. The van der Waals surface area contributed by atoms with Crippen molar-refractivity contribution in [2.75, 3.05) is 17.7 Å². The number of aryl methyl sites for hydroxylation is 2. The molecule has 5 heterocycles. The van der Waals surface area contributed by atoms with E-state index < -0.39 is 0 Å². The van der Waals surface area contributed by atoms with Gasteiger partial charge in [0.25, 0.3) is 11.8 Å². The fourth-order valence-electron chi connectivity index (χ4n) is 6.81. The van der Waals surface area contributed by atoms with Crippen LogP contribution < -0.4 is 10.6 Å². The number of tetrazole rings is 2. The van der Waals surface area contributed by atoms with Gasteiger partial charge in [-0.05, 0) is 87.4 Å². The van der Waals surface area contributed by atoms with Gasteiger partial charge in [-0.15, -0.1) is 20.4 Å². The SMILES string of the molecule is COC1CCn2c(C(=O)Nc3ccc(Br)cc3-c3nn[nH]n3)cc3cccc1c32.Cn1c(C(=O)Nc2ccc(Br)cc2-c2nn[nH]n2)cc2cccc(Br)c21. The monoisotopic (exact) mass is 926 g/mol. The van der Waals surface area contributed by atoms with Crippen LogP contribution in [0.1, 0.15) is 39.1 Å². The molecule has 0 saturated heterocycles. The maximum atomic E-state index is 13.2. The Labute approximate surface area is 337 Å². The van der Waals surface area contributed by atoms with Crippen molar-refractivity contribution in [1.29, 1.82) is 0 Å². The van der Waals surface area contributed by atoms with Gasteiger partial charge in [0.15, 0.2) is 0 Å². The number of nitrogens with one attached hydrogen (secondary N) is 4. The number of carbonyl (C=O) groups excluding carboxylic acids is 2. The molecule has 0 spiro atoms. The summed E-state index contributed by atoms with van der Waals surface area (Å²) < 4.78 is 12.2. The number of H-pyrrole nitrogens is 2. The minimum atomic E-state index is -0.220. The summed E-state index contributed by atoms with van der Waals surface area (Å²) in [5.74, 6) is 0.410. The number of hydrogen-bond acceptors (Lipinski definition) is 9. The van der Waals surface area contributed by atoms with Crippen LogP contribution in [-0.4, -0.2) is 69.3 Å². The average molecular weight is 929 g/mol. The van der Waals surface area contributed by atoms with Crippen LogP contribution in [0.3, 0.4) is 0 Å². The van der Waals surface area contributed by atoms with E-state index in [0.717, 1.165) is 53.8 Å². The second kappa shape index (κ2) is 15.3. The first-order valence-corrected chi connectivity index (χ1v) is 19.2. The van der Waals surface area contributed by atoms with Gasteiger partial charge in [-0.3, -0.25) is 9.59 Å². The summed E-state index contributed by atoms with van der Waals surface area (Å²) in [6, 6.07) is 26.8. The number of carbonyl (C=O) groups is 2. The van der Waals surface area contributed by atoms with Crippen molar-refractivity contribution < 1.29 is 14.3 Å². The number of aromatic amines is 2. The lowest BCUT2D eigenvalue weighted by Gasteiger charge is -2.25. The highest BCUT2D eigenvalue weighted by Crippen LogP contribution is 2.37. The molecule has 0 aliphatic carbocycles. The van der Waals surface area contributed by atoms with E-state index in [1.54, 1.807) is 13.2 Å². The van der Waals surface area contributed by atoms with Crippen LogP contribution in [0.2, 0.25) is 0 Å². The number of aromatic nitrogens is 10. The van der Waals surface area contributed by atoms with Crippen LogP contribution >= 0.6 is 47.8 Å². The fraction of sp³-hybridized carbons (Fsp3) is 0.135. The third-order valence-electron chi connectivity index (χ3n) is 9.30. The Kier molecular flexibility index (Phi) is 10.1. The van der Waals surface area contributed by atoms with E-state index in [4.69, 9.17) is 4.74 Å². The molecule has 9 rings (SSSR count). The number of anilines is 2. The lowest BCUT2D eigenvalue weighted by molar-refractivity contribution is 0.0874. The smallest absolute Gasteiger partial charge is 0.272 e. The summed E-state index contributed by atoms with van der Waals surface area (Å²) in [7, 11) is 3.59. The molecule has 1 atom stereocenters. The molecule has 0 bridgehead atoms. The first kappa shape index (κ1) is 36.4. The van der Waals surface area contributed by atoms with Gasteiger partial charge in [0.2, 0.25) is 11.6 Å². The zero-order valence-electron chi connectivity index (χ0n) is 29.0. The lowest BCUT2D eigenvalue weighted by atomic mass is 10.0. The molecule has 15 nitrogen and oxygen atoms in total. The highest BCUT2D eigenvalue weighted by molar-refractivity contribution is 9.11. The van der Waals surface area contributed by atoms with Crippen molar-refractivity contribution >= 4 is 92.8 Å². The normalized spacial score (nSPS) is 13.4. The second-order valence-electron chi connectivity index (χ2n) is 12.5. The molecule has 0 fully saturated rings. The topological polar surface area (TPSA) is 186 Å². The number of halogens is 3. The van der Waals surface area contributed by atoms with Crippen molar-refractivity contribution in [2.45, 2.75) is 19.1 Å². The number of methoxy groups -OCH3 is 1. The fourth-order valence-corrected chi connectivity index (χ4v) is 8.18. The Morgan fingerprint density at radius 1 is 0.745 bits per heavy atom. The molecule has 4 aromatic heterocycles. The molecule has 1 unspecified atom stereocenters. The summed E-state index contributed by atoms with van der Waals surface area (Å²) in [5, 5.41) is 36.1.